The largest absolute Gasteiger partial charge is 0.467 e. The molecule has 3 aromatic rings. The number of rotatable bonds is 6. The topological polar surface area (TPSA) is 78.3 Å². The van der Waals surface area contributed by atoms with E-state index in [4.69, 9.17) is 14.0 Å². The Balaban J connectivity index is 1.21. The lowest BCUT2D eigenvalue weighted by molar-refractivity contribution is -0.135. The molecule has 0 aromatic carbocycles. The molecule has 1 fully saturated rings. The van der Waals surface area contributed by atoms with Crippen molar-refractivity contribution in [1.82, 2.24) is 20.0 Å². The Kier molecular flexibility index (Phi) is 5.71. The summed E-state index contributed by atoms with van der Waals surface area (Å²) in [5.41, 5.74) is 1.90. The summed E-state index contributed by atoms with van der Waals surface area (Å²) in [6.45, 7) is 6.50. The number of hydrogen-bond acceptors (Lipinski definition) is 8. The van der Waals surface area contributed by atoms with E-state index in [1.165, 1.54) is 0 Å². The number of carbonyl (C=O) groups is 1. The van der Waals surface area contributed by atoms with Crippen molar-refractivity contribution in [2.45, 2.75) is 25.9 Å². The second-order valence-corrected chi connectivity index (χ2v) is 8.93. The molecule has 31 heavy (non-hydrogen) atoms. The Morgan fingerprint density at radius 1 is 1.19 bits per heavy atom. The number of nitrogens with zero attached hydrogens (tertiary/aromatic N) is 5. The van der Waals surface area contributed by atoms with Crippen molar-refractivity contribution in [3.63, 3.8) is 0 Å². The fraction of sp³-hybridized carbons (Fsp3) is 0.409. The lowest BCUT2D eigenvalue weighted by Crippen LogP contribution is -2.49. The van der Waals surface area contributed by atoms with E-state index in [1.807, 2.05) is 42.6 Å². The standard InChI is InChI=1S/C22H25N5O3S/c1-16-12-17(24-30-16)14-25-6-8-26(9-7-25)15-22(28)27-19(20-4-2-10-29-20)13-18(23-27)21-5-3-11-31-21/h2-5,10-12,19H,6-9,13-15H2,1H3. The first-order valence-electron chi connectivity index (χ1n) is 10.5. The predicted octanol–water partition coefficient (Wildman–Crippen LogP) is 3.13. The van der Waals surface area contributed by atoms with Crippen LogP contribution in [0.15, 0.2) is 56.0 Å². The third-order valence-electron chi connectivity index (χ3n) is 5.73. The van der Waals surface area contributed by atoms with Gasteiger partial charge in [0.05, 0.1) is 29.1 Å². The van der Waals surface area contributed by atoms with Gasteiger partial charge in [-0.3, -0.25) is 14.6 Å². The second-order valence-electron chi connectivity index (χ2n) is 7.98. The molecule has 9 heteroatoms. The first-order valence-corrected chi connectivity index (χ1v) is 11.4. The molecule has 1 atom stereocenters. The van der Waals surface area contributed by atoms with E-state index in [0.717, 1.165) is 60.5 Å². The number of hydrogen-bond donors (Lipinski definition) is 0. The highest BCUT2D eigenvalue weighted by Gasteiger charge is 2.36. The first kappa shape index (κ1) is 20.2. The van der Waals surface area contributed by atoms with Crippen LogP contribution in [0.5, 0.6) is 0 Å². The number of furan rings is 1. The molecule has 1 unspecified atom stereocenters. The molecule has 0 aliphatic carbocycles. The minimum atomic E-state index is -0.184. The van der Waals surface area contributed by atoms with Gasteiger partial charge < -0.3 is 8.94 Å². The number of carbonyl (C=O) groups excluding carboxylic acids is 1. The molecule has 162 valence electrons. The summed E-state index contributed by atoms with van der Waals surface area (Å²) in [4.78, 5) is 18.9. The first-order chi connectivity index (χ1) is 15.2. The Morgan fingerprint density at radius 2 is 2.03 bits per heavy atom. The van der Waals surface area contributed by atoms with E-state index < -0.39 is 0 Å². The Bertz CT molecular complexity index is 1040. The molecule has 1 amide bonds. The van der Waals surface area contributed by atoms with Gasteiger partial charge in [0.2, 0.25) is 0 Å². The Morgan fingerprint density at radius 3 is 2.71 bits per heavy atom. The van der Waals surface area contributed by atoms with Crippen molar-refractivity contribution in [3.8, 4) is 0 Å². The molecule has 0 radical (unpaired) electrons. The molecule has 0 bridgehead atoms. The van der Waals surface area contributed by atoms with E-state index in [2.05, 4.69) is 15.0 Å². The number of hydrazone groups is 1. The van der Waals surface area contributed by atoms with Crippen molar-refractivity contribution in [2.75, 3.05) is 32.7 Å². The molecule has 0 spiro atoms. The molecular formula is C22H25N5O3S. The van der Waals surface area contributed by atoms with Gasteiger partial charge in [0.15, 0.2) is 0 Å². The fourth-order valence-corrected chi connectivity index (χ4v) is 4.85. The number of aromatic nitrogens is 1. The fourth-order valence-electron chi connectivity index (χ4n) is 4.13. The van der Waals surface area contributed by atoms with Crippen molar-refractivity contribution in [2.24, 2.45) is 5.10 Å². The average Bonchev–Trinajstić information content (AvgIpc) is 3.56. The number of thiophene rings is 1. The van der Waals surface area contributed by atoms with E-state index in [-0.39, 0.29) is 11.9 Å². The predicted molar refractivity (Wildman–Crippen MR) is 117 cm³/mol. The average molecular weight is 440 g/mol. The van der Waals surface area contributed by atoms with Crippen LogP contribution in [0.2, 0.25) is 0 Å². The van der Waals surface area contributed by atoms with E-state index >= 15 is 0 Å². The summed E-state index contributed by atoms with van der Waals surface area (Å²) in [6.07, 6.45) is 2.32. The quantitative estimate of drug-likeness (QED) is 0.587. The second kappa shape index (κ2) is 8.78. The summed E-state index contributed by atoms with van der Waals surface area (Å²) in [7, 11) is 0. The number of amides is 1. The van der Waals surface area contributed by atoms with Gasteiger partial charge in [-0.15, -0.1) is 11.3 Å². The molecular weight excluding hydrogens is 414 g/mol. The van der Waals surface area contributed by atoms with E-state index in [9.17, 15) is 4.79 Å². The molecule has 5 heterocycles. The summed E-state index contributed by atoms with van der Waals surface area (Å²) in [6, 6.07) is 9.62. The van der Waals surface area contributed by atoms with Crippen LogP contribution in [0.4, 0.5) is 0 Å². The van der Waals surface area contributed by atoms with Crippen molar-refractivity contribution in [1.29, 1.82) is 0 Å². The van der Waals surface area contributed by atoms with Crippen LogP contribution in [0.1, 0.15) is 34.6 Å². The lowest BCUT2D eigenvalue weighted by atomic mass is 10.1. The van der Waals surface area contributed by atoms with Crippen molar-refractivity contribution >= 4 is 23.0 Å². The maximum Gasteiger partial charge on any atom is 0.257 e. The van der Waals surface area contributed by atoms with Gasteiger partial charge >= 0.3 is 0 Å². The highest BCUT2D eigenvalue weighted by molar-refractivity contribution is 7.12. The maximum atomic E-state index is 13.2. The van der Waals surface area contributed by atoms with Crippen LogP contribution in [-0.2, 0) is 11.3 Å². The third-order valence-corrected chi connectivity index (χ3v) is 6.65. The van der Waals surface area contributed by atoms with Gasteiger partial charge in [-0.05, 0) is 30.5 Å². The molecule has 3 aromatic heterocycles. The molecule has 0 saturated carbocycles. The van der Waals surface area contributed by atoms with E-state index in [1.54, 1.807) is 22.6 Å². The number of aryl methyl sites for hydroxylation is 1. The van der Waals surface area contributed by atoms with Gasteiger partial charge in [-0.1, -0.05) is 11.2 Å². The molecule has 2 aliphatic heterocycles. The molecule has 8 nitrogen and oxygen atoms in total. The highest BCUT2D eigenvalue weighted by Crippen LogP contribution is 2.34. The minimum absolute atomic E-state index is 0.00790. The number of piperazine rings is 1. The van der Waals surface area contributed by atoms with Crippen LogP contribution in [-0.4, -0.2) is 64.3 Å². The van der Waals surface area contributed by atoms with Crippen LogP contribution < -0.4 is 0 Å². The summed E-state index contributed by atoms with van der Waals surface area (Å²) in [5.74, 6) is 1.61. The van der Waals surface area contributed by atoms with Crippen molar-refractivity contribution in [3.05, 3.63) is 64.1 Å². The van der Waals surface area contributed by atoms with Crippen LogP contribution in [0.25, 0.3) is 0 Å². The van der Waals surface area contributed by atoms with Crippen LogP contribution in [0.3, 0.4) is 0 Å². The zero-order valence-corrected chi connectivity index (χ0v) is 18.3. The molecule has 2 aliphatic rings. The minimum Gasteiger partial charge on any atom is -0.467 e. The van der Waals surface area contributed by atoms with Crippen LogP contribution >= 0.6 is 11.3 Å². The summed E-state index contributed by atoms with van der Waals surface area (Å²) in [5, 5.41) is 12.4. The third kappa shape index (κ3) is 4.48. The van der Waals surface area contributed by atoms with Gasteiger partial charge in [0, 0.05) is 45.2 Å². The summed E-state index contributed by atoms with van der Waals surface area (Å²) >= 11 is 1.64. The zero-order valence-electron chi connectivity index (χ0n) is 17.4. The molecule has 0 N–H and O–H groups in total. The highest BCUT2D eigenvalue weighted by atomic mass is 32.1. The maximum absolute atomic E-state index is 13.2. The van der Waals surface area contributed by atoms with Crippen molar-refractivity contribution < 1.29 is 13.7 Å². The zero-order chi connectivity index (χ0) is 21.2. The van der Waals surface area contributed by atoms with Gasteiger partial charge in [0.1, 0.15) is 17.6 Å². The van der Waals surface area contributed by atoms with Crippen LogP contribution in [0, 0.1) is 6.92 Å². The van der Waals surface area contributed by atoms with E-state index in [0.29, 0.717) is 13.0 Å². The Hall–Kier alpha value is -2.75. The van der Waals surface area contributed by atoms with Gasteiger partial charge in [0.25, 0.3) is 5.91 Å². The molecule has 5 rings (SSSR count). The van der Waals surface area contributed by atoms with Gasteiger partial charge in [-0.25, -0.2) is 5.01 Å². The van der Waals surface area contributed by atoms with Gasteiger partial charge in [-0.2, -0.15) is 5.10 Å². The molecule has 1 saturated heterocycles. The lowest BCUT2D eigenvalue weighted by Gasteiger charge is -2.34. The SMILES string of the molecule is Cc1cc(CN2CCN(CC(=O)N3N=C(c4cccs4)CC3c3ccco3)CC2)no1. The summed E-state index contributed by atoms with van der Waals surface area (Å²) < 4.78 is 10.8. The smallest absolute Gasteiger partial charge is 0.257 e. The monoisotopic (exact) mass is 439 g/mol. The Labute approximate surface area is 184 Å². The normalized spacial score (nSPS) is 20.4.